The number of para-hydroxylation sites is 2. The van der Waals surface area contributed by atoms with Crippen LogP contribution >= 0.6 is 0 Å². The van der Waals surface area contributed by atoms with Crippen molar-refractivity contribution in [2.24, 2.45) is 11.8 Å². The quantitative estimate of drug-likeness (QED) is 0.135. The van der Waals surface area contributed by atoms with Crippen LogP contribution in [0.5, 0.6) is 0 Å². The van der Waals surface area contributed by atoms with E-state index in [-0.39, 0.29) is 0 Å². The molecule has 0 saturated carbocycles. The van der Waals surface area contributed by atoms with Gasteiger partial charge in [-0.3, -0.25) is 0 Å². The third-order valence-electron chi connectivity index (χ3n) is 9.08. The first kappa shape index (κ1) is 28.3. The van der Waals surface area contributed by atoms with Crippen LogP contribution in [0.4, 0.5) is 0 Å². The van der Waals surface area contributed by atoms with Gasteiger partial charge in [0.1, 0.15) is 0 Å². The monoisotopic (exact) mass is 532 g/mol. The lowest BCUT2D eigenvalue weighted by Crippen LogP contribution is -2.03. The minimum Gasteiger partial charge on any atom is -0.316 e. The standard InChI is InChI=1S/C38H48N2/c1-5-9-16-29(7-3)24-31-27-39(37-22-13-11-20-35(31)37)33-18-15-19-34(26-33)40-28-32(25-30(8-4)17-10-6-2)36-21-12-14-23-38(36)40/h11-15,18-23,26-30H,5-10,16-17,24-25H2,1-4H3. The predicted octanol–water partition coefficient (Wildman–Crippen LogP) is 11.1. The van der Waals surface area contributed by atoms with E-state index in [0.29, 0.717) is 0 Å². The van der Waals surface area contributed by atoms with Gasteiger partial charge in [-0.05, 0) is 66.1 Å². The molecule has 0 aliphatic rings. The Morgan fingerprint density at radius 3 is 1.43 bits per heavy atom. The number of unbranched alkanes of at least 4 members (excludes halogenated alkanes) is 2. The molecule has 5 aromatic rings. The molecule has 2 nitrogen and oxygen atoms in total. The van der Waals surface area contributed by atoms with E-state index in [9.17, 15) is 0 Å². The van der Waals surface area contributed by atoms with Gasteiger partial charge in [-0.15, -0.1) is 0 Å². The Morgan fingerprint density at radius 2 is 1.00 bits per heavy atom. The predicted molar refractivity (Wildman–Crippen MR) is 174 cm³/mol. The second kappa shape index (κ2) is 13.4. The molecule has 0 N–H and O–H groups in total. The van der Waals surface area contributed by atoms with Crippen LogP contribution in [0.15, 0.2) is 85.2 Å². The van der Waals surface area contributed by atoms with Crippen molar-refractivity contribution in [3.63, 3.8) is 0 Å². The third-order valence-corrected chi connectivity index (χ3v) is 9.08. The van der Waals surface area contributed by atoms with E-state index in [1.807, 2.05) is 0 Å². The summed E-state index contributed by atoms with van der Waals surface area (Å²) in [6, 6.07) is 27.0. The topological polar surface area (TPSA) is 9.86 Å². The summed E-state index contributed by atoms with van der Waals surface area (Å²) in [7, 11) is 0. The van der Waals surface area contributed by atoms with Crippen LogP contribution in [-0.4, -0.2) is 9.13 Å². The summed E-state index contributed by atoms with van der Waals surface area (Å²) in [4.78, 5) is 0. The molecule has 5 rings (SSSR count). The lowest BCUT2D eigenvalue weighted by molar-refractivity contribution is 0.450. The van der Waals surface area contributed by atoms with Crippen molar-refractivity contribution in [1.29, 1.82) is 0 Å². The second-order valence-corrected chi connectivity index (χ2v) is 11.8. The van der Waals surface area contributed by atoms with Crippen molar-refractivity contribution in [1.82, 2.24) is 9.13 Å². The summed E-state index contributed by atoms with van der Waals surface area (Å²) >= 11 is 0. The average molecular weight is 533 g/mol. The molecule has 2 heteroatoms. The first-order valence-electron chi connectivity index (χ1n) is 15.9. The van der Waals surface area contributed by atoms with Gasteiger partial charge in [-0.1, -0.05) is 122 Å². The van der Waals surface area contributed by atoms with E-state index in [0.717, 1.165) is 24.7 Å². The highest BCUT2D eigenvalue weighted by molar-refractivity contribution is 5.87. The molecule has 0 radical (unpaired) electrons. The maximum Gasteiger partial charge on any atom is 0.0531 e. The smallest absolute Gasteiger partial charge is 0.0531 e. The molecule has 0 spiro atoms. The summed E-state index contributed by atoms with van der Waals surface area (Å²) in [6.45, 7) is 9.31. The Morgan fingerprint density at radius 1 is 0.550 bits per heavy atom. The Hall–Kier alpha value is -3.26. The molecule has 40 heavy (non-hydrogen) atoms. The summed E-state index contributed by atoms with van der Waals surface area (Å²) in [5.41, 5.74) is 8.04. The highest BCUT2D eigenvalue weighted by Crippen LogP contribution is 2.32. The first-order chi connectivity index (χ1) is 19.7. The number of hydrogen-bond donors (Lipinski definition) is 0. The van der Waals surface area contributed by atoms with Gasteiger partial charge in [-0.2, -0.15) is 0 Å². The first-order valence-corrected chi connectivity index (χ1v) is 15.9. The van der Waals surface area contributed by atoms with Crippen LogP contribution in [0, 0.1) is 11.8 Å². The molecule has 210 valence electrons. The van der Waals surface area contributed by atoms with E-state index in [4.69, 9.17) is 0 Å². The van der Waals surface area contributed by atoms with E-state index >= 15 is 0 Å². The Labute approximate surface area is 242 Å². The van der Waals surface area contributed by atoms with E-state index in [1.165, 1.54) is 95.7 Å². The lowest BCUT2D eigenvalue weighted by Gasteiger charge is -2.13. The molecule has 2 heterocycles. The number of nitrogens with zero attached hydrogens (tertiary/aromatic N) is 2. The van der Waals surface area contributed by atoms with Gasteiger partial charge in [0.2, 0.25) is 0 Å². The van der Waals surface area contributed by atoms with Gasteiger partial charge in [0.15, 0.2) is 0 Å². The normalized spacial score (nSPS) is 13.3. The van der Waals surface area contributed by atoms with Crippen LogP contribution in [0.2, 0.25) is 0 Å². The van der Waals surface area contributed by atoms with Crippen LogP contribution in [0.3, 0.4) is 0 Å². The fraction of sp³-hybridized carbons (Fsp3) is 0.421. The molecule has 0 bridgehead atoms. The van der Waals surface area contributed by atoms with Crippen molar-refractivity contribution in [3.05, 3.63) is 96.3 Å². The molecule has 0 amide bonds. The highest BCUT2D eigenvalue weighted by atomic mass is 15.0. The van der Waals surface area contributed by atoms with Crippen LogP contribution in [-0.2, 0) is 12.8 Å². The minimum absolute atomic E-state index is 0.750. The molecular formula is C38H48N2. The molecular weight excluding hydrogens is 484 g/mol. The third kappa shape index (κ3) is 6.07. The van der Waals surface area contributed by atoms with Crippen molar-refractivity contribution >= 4 is 21.8 Å². The lowest BCUT2D eigenvalue weighted by atomic mass is 9.92. The van der Waals surface area contributed by atoms with Crippen molar-refractivity contribution in [2.45, 2.75) is 91.9 Å². The number of fused-ring (bicyclic) bond motifs is 2. The number of rotatable bonds is 14. The van der Waals surface area contributed by atoms with Crippen molar-refractivity contribution in [3.8, 4) is 11.4 Å². The van der Waals surface area contributed by atoms with Crippen molar-refractivity contribution < 1.29 is 0 Å². The van der Waals surface area contributed by atoms with E-state index < -0.39 is 0 Å². The van der Waals surface area contributed by atoms with Crippen LogP contribution in [0.25, 0.3) is 33.2 Å². The molecule has 3 aromatic carbocycles. The molecule has 2 aromatic heterocycles. The van der Waals surface area contributed by atoms with Gasteiger partial charge in [0.05, 0.1) is 11.0 Å². The molecule has 0 fully saturated rings. The average Bonchev–Trinajstić information content (AvgIpc) is 3.56. The van der Waals surface area contributed by atoms with Gasteiger partial charge < -0.3 is 9.13 Å². The fourth-order valence-electron chi connectivity index (χ4n) is 6.55. The Kier molecular flexibility index (Phi) is 9.47. The fourth-order valence-corrected chi connectivity index (χ4v) is 6.55. The molecule has 2 unspecified atom stereocenters. The zero-order valence-corrected chi connectivity index (χ0v) is 25.2. The zero-order chi connectivity index (χ0) is 27.9. The number of hydrogen-bond acceptors (Lipinski definition) is 0. The Balaban J connectivity index is 1.52. The molecule has 0 aliphatic heterocycles. The largest absolute Gasteiger partial charge is 0.316 e. The molecule has 0 aliphatic carbocycles. The van der Waals surface area contributed by atoms with Gasteiger partial charge in [0.25, 0.3) is 0 Å². The highest BCUT2D eigenvalue weighted by Gasteiger charge is 2.17. The van der Waals surface area contributed by atoms with Gasteiger partial charge >= 0.3 is 0 Å². The summed E-state index contributed by atoms with van der Waals surface area (Å²) in [6.07, 6.45) is 17.5. The van der Waals surface area contributed by atoms with E-state index in [1.54, 1.807) is 0 Å². The summed E-state index contributed by atoms with van der Waals surface area (Å²) in [5.74, 6) is 1.50. The van der Waals surface area contributed by atoms with Gasteiger partial charge in [0, 0.05) is 34.5 Å². The van der Waals surface area contributed by atoms with Crippen LogP contribution < -0.4 is 0 Å². The zero-order valence-electron chi connectivity index (χ0n) is 25.2. The molecule has 2 atom stereocenters. The summed E-state index contributed by atoms with van der Waals surface area (Å²) < 4.78 is 4.84. The van der Waals surface area contributed by atoms with Crippen molar-refractivity contribution in [2.75, 3.05) is 0 Å². The molecule has 0 saturated heterocycles. The number of benzene rings is 3. The summed E-state index contributed by atoms with van der Waals surface area (Å²) in [5, 5.41) is 2.79. The number of aromatic nitrogens is 2. The maximum atomic E-state index is 2.42. The Bertz CT molecular complexity index is 1410. The van der Waals surface area contributed by atoms with Gasteiger partial charge in [-0.25, -0.2) is 0 Å². The maximum absolute atomic E-state index is 2.42. The second-order valence-electron chi connectivity index (χ2n) is 11.8. The SMILES string of the molecule is CCCCC(CC)Cc1cn(-c2cccc(-n3cc(CC(CC)CCCC)c4ccccc43)c2)c2ccccc12. The minimum atomic E-state index is 0.750. The van der Waals surface area contributed by atoms with Crippen LogP contribution in [0.1, 0.15) is 90.2 Å². The van der Waals surface area contributed by atoms with E-state index in [2.05, 4.69) is 122 Å².